The predicted octanol–water partition coefficient (Wildman–Crippen LogP) is 1.88. The van der Waals surface area contributed by atoms with Crippen LogP contribution in [0.4, 0.5) is 0 Å². The van der Waals surface area contributed by atoms with Crippen molar-refractivity contribution in [1.29, 1.82) is 5.26 Å². The van der Waals surface area contributed by atoms with Gasteiger partial charge in [-0.2, -0.15) is 9.57 Å². The Morgan fingerprint density at radius 2 is 2.06 bits per heavy atom. The molecule has 5 heteroatoms. The van der Waals surface area contributed by atoms with Crippen molar-refractivity contribution in [3.63, 3.8) is 0 Å². The van der Waals surface area contributed by atoms with Crippen molar-refractivity contribution in [3.05, 3.63) is 0 Å². The first kappa shape index (κ1) is 12.8. The summed E-state index contributed by atoms with van der Waals surface area (Å²) < 4.78 is 25.4. The van der Waals surface area contributed by atoms with Gasteiger partial charge in [0.2, 0.25) is 10.0 Å². The third kappa shape index (κ3) is 2.21. The molecule has 2 fully saturated rings. The Labute approximate surface area is 104 Å². The van der Waals surface area contributed by atoms with Crippen LogP contribution in [-0.4, -0.2) is 30.6 Å². The molecule has 1 aliphatic heterocycles. The van der Waals surface area contributed by atoms with Crippen molar-refractivity contribution in [2.24, 2.45) is 5.92 Å². The first-order valence-corrected chi connectivity index (χ1v) is 8.07. The molecule has 0 N–H and O–H groups in total. The van der Waals surface area contributed by atoms with E-state index < -0.39 is 15.6 Å². The zero-order valence-corrected chi connectivity index (χ0v) is 11.2. The van der Waals surface area contributed by atoms with Gasteiger partial charge >= 0.3 is 0 Å². The maximum Gasteiger partial charge on any atom is 0.215 e. The SMILES string of the molecule is CCC1CCC(C#N)(N2CCCS2(=O)=O)CC1. The van der Waals surface area contributed by atoms with Crippen LogP contribution in [0.1, 0.15) is 45.4 Å². The molecule has 2 aliphatic rings. The molecule has 0 aromatic rings. The highest BCUT2D eigenvalue weighted by atomic mass is 32.2. The third-order valence-electron chi connectivity index (χ3n) is 4.29. The van der Waals surface area contributed by atoms with Crippen molar-refractivity contribution in [3.8, 4) is 6.07 Å². The largest absolute Gasteiger partial charge is 0.215 e. The average molecular weight is 256 g/mol. The van der Waals surface area contributed by atoms with Crippen molar-refractivity contribution >= 4 is 10.0 Å². The topological polar surface area (TPSA) is 61.2 Å². The quantitative estimate of drug-likeness (QED) is 0.758. The Bertz CT molecular complexity index is 416. The molecule has 1 heterocycles. The van der Waals surface area contributed by atoms with Gasteiger partial charge in [-0.05, 0) is 38.0 Å². The normalized spacial score (nSPS) is 37.8. The average Bonchev–Trinajstić information content (AvgIpc) is 2.70. The summed E-state index contributed by atoms with van der Waals surface area (Å²) in [7, 11) is -3.17. The van der Waals surface area contributed by atoms with Gasteiger partial charge in [0.1, 0.15) is 5.54 Å². The highest BCUT2D eigenvalue weighted by Gasteiger charge is 2.47. The van der Waals surface area contributed by atoms with Gasteiger partial charge in [0.05, 0.1) is 11.8 Å². The van der Waals surface area contributed by atoms with E-state index in [0.717, 1.165) is 19.3 Å². The van der Waals surface area contributed by atoms with Gasteiger partial charge in [-0.15, -0.1) is 0 Å². The van der Waals surface area contributed by atoms with Crippen molar-refractivity contribution in [2.45, 2.75) is 51.0 Å². The molecule has 0 aromatic carbocycles. The fraction of sp³-hybridized carbons (Fsp3) is 0.917. The van der Waals surface area contributed by atoms with Crippen LogP contribution < -0.4 is 0 Å². The summed E-state index contributed by atoms with van der Waals surface area (Å²) in [5.74, 6) is 0.884. The summed E-state index contributed by atoms with van der Waals surface area (Å²) in [6.07, 6.45) is 5.19. The van der Waals surface area contributed by atoms with Crippen LogP contribution in [0.5, 0.6) is 0 Å². The van der Waals surface area contributed by atoms with Crippen LogP contribution in [0.3, 0.4) is 0 Å². The summed E-state index contributed by atoms with van der Waals surface area (Å²) >= 11 is 0. The smallest absolute Gasteiger partial charge is 0.212 e. The Hall–Kier alpha value is -0.600. The Balaban J connectivity index is 2.20. The van der Waals surface area contributed by atoms with Gasteiger partial charge in [0, 0.05) is 6.54 Å². The number of rotatable bonds is 2. The predicted molar refractivity (Wildman–Crippen MR) is 65.7 cm³/mol. The van der Waals surface area contributed by atoms with Crippen LogP contribution in [0.25, 0.3) is 0 Å². The molecule has 96 valence electrons. The maximum absolute atomic E-state index is 12.0. The summed E-state index contributed by atoms with van der Waals surface area (Å²) in [5, 5.41) is 9.44. The maximum atomic E-state index is 12.0. The molecule has 0 radical (unpaired) electrons. The summed E-state index contributed by atoms with van der Waals surface area (Å²) in [4.78, 5) is 0. The second kappa shape index (κ2) is 4.58. The molecule has 0 amide bonds. The lowest BCUT2D eigenvalue weighted by atomic mass is 9.76. The van der Waals surface area contributed by atoms with E-state index in [4.69, 9.17) is 0 Å². The molecular weight excluding hydrogens is 236 g/mol. The Kier molecular flexibility index (Phi) is 3.46. The number of hydrogen-bond donors (Lipinski definition) is 0. The van der Waals surface area contributed by atoms with E-state index in [9.17, 15) is 13.7 Å². The van der Waals surface area contributed by atoms with E-state index in [1.165, 1.54) is 4.31 Å². The van der Waals surface area contributed by atoms with Crippen LogP contribution in [-0.2, 0) is 10.0 Å². The summed E-state index contributed by atoms with van der Waals surface area (Å²) in [5.41, 5.74) is -0.735. The molecule has 0 unspecified atom stereocenters. The van der Waals surface area contributed by atoms with E-state index in [0.29, 0.717) is 31.7 Å². The van der Waals surface area contributed by atoms with Crippen LogP contribution in [0, 0.1) is 17.2 Å². The third-order valence-corrected chi connectivity index (χ3v) is 6.30. The zero-order valence-electron chi connectivity index (χ0n) is 10.4. The van der Waals surface area contributed by atoms with Crippen LogP contribution in [0.15, 0.2) is 0 Å². The number of hydrogen-bond acceptors (Lipinski definition) is 3. The fourth-order valence-electron chi connectivity index (χ4n) is 3.10. The molecule has 17 heavy (non-hydrogen) atoms. The van der Waals surface area contributed by atoms with E-state index in [-0.39, 0.29) is 5.75 Å². The van der Waals surface area contributed by atoms with Gasteiger partial charge in [-0.1, -0.05) is 13.3 Å². The van der Waals surface area contributed by atoms with E-state index >= 15 is 0 Å². The first-order chi connectivity index (χ1) is 8.04. The molecule has 1 saturated heterocycles. The zero-order chi connectivity index (χ0) is 12.5. The van der Waals surface area contributed by atoms with Gasteiger partial charge < -0.3 is 0 Å². The van der Waals surface area contributed by atoms with Gasteiger partial charge in [-0.25, -0.2) is 8.42 Å². The number of nitrogens with zero attached hydrogens (tertiary/aromatic N) is 2. The van der Waals surface area contributed by atoms with Crippen LogP contribution >= 0.6 is 0 Å². The monoisotopic (exact) mass is 256 g/mol. The molecular formula is C12H20N2O2S. The van der Waals surface area contributed by atoms with E-state index in [2.05, 4.69) is 13.0 Å². The molecule has 0 bridgehead atoms. The minimum atomic E-state index is -3.17. The van der Waals surface area contributed by atoms with Gasteiger partial charge in [0.25, 0.3) is 0 Å². The standard InChI is InChI=1S/C12H20N2O2S/c1-2-11-4-6-12(10-13,7-5-11)14-8-3-9-17(14,15)16/h11H,2-9H2,1H3. The second-order valence-corrected chi connectivity index (χ2v) is 7.25. The number of sulfonamides is 1. The molecule has 2 rings (SSSR count). The first-order valence-electron chi connectivity index (χ1n) is 6.46. The Morgan fingerprint density at radius 3 is 2.47 bits per heavy atom. The molecule has 4 nitrogen and oxygen atoms in total. The van der Waals surface area contributed by atoms with Crippen molar-refractivity contribution in [2.75, 3.05) is 12.3 Å². The number of nitriles is 1. The fourth-order valence-corrected chi connectivity index (χ4v) is 4.98. The second-order valence-electron chi connectivity index (χ2n) is 5.24. The van der Waals surface area contributed by atoms with Crippen molar-refractivity contribution in [1.82, 2.24) is 4.31 Å². The lowest BCUT2D eigenvalue weighted by Crippen LogP contribution is -2.50. The lowest BCUT2D eigenvalue weighted by molar-refractivity contribution is 0.161. The van der Waals surface area contributed by atoms with Gasteiger partial charge in [-0.3, -0.25) is 0 Å². The Morgan fingerprint density at radius 1 is 1.41 bits per heavy atom. The summed E-state index contributed by atoms with van der Waals surface area (Å²) in [6, 6.07) is 2.31. The molecule has 0 aromatic heterocycles. The minimum Gasteiger partial charge on any atom is -0.212 e. The minimum absolute atomic E-state index is 0.216. The molecule has 0 atom stereocenters. The lowest BCUT2D eigenvalue weighted by Gasteiger charge is -2.40. The molecule has 1 saturated carbocycles. The molecule has 1 aliphatic carbocycles. The van der Waals surface area contributed by atoms with Crippen LogP contribution in [0.2, 0.25) is 0 Å². The van der Waals surface area contributed by atoms with E-state index in [1.807, 2.05) is 0 Å². The van der Waals surface area contributed by atoms with Crippen molar-refractivity contribution < 1.29 is 8.42 Å². The van der Waals surface area contributed by atoms with E-state index in [1.54, 1.807) is 0 Å². The summed E-state index contributed by atoms with van der Waals surface area (Å²) in [6.45, 7) is 2.70. The highest BCUT2D eigenvalue weighted by Crippen LogP contribution is 2.40. The van der Waals surface area contributed by atoms with Gasteiger partial charge in [0.15, 0.2) is 0 Å². The molecule has 0 spiro atoms. The highest BCUT2D eigenvalue weighted by molar-refractivity contribution is 7.89.